The molecule has 8 heteroatoms. The Morgan fingerprint density at radius 1 is 0.628 bits per heavy atom. The summed E-state index contributed by atoms with van der Waals surface area (Å²) in [7, 11) is -4.43. The van der Waals surface area contributed by atoms with Gasteiger partial charge in [-0.05, 0) is 19.3 Å². The summed E-state index contributed by atoms with van der Waals surface area (Å²) in [6, 6.07) is -1.22. The number of carbonyl (C=O) groups excluding carboxylic acids is 1. The number of unbranched alkanes of at least 4 members (excludes halogenated alkanes) is 23. The van der Waals surface area contributed by atoms with Crippen LogP contribution in [0.5, 0.6) is 0 Å². The van der Waals surface area contributed by atoms with Crippen LogP contribution in [0.1, 0.15) is 181 Å². The van der Waals surface area contributed by atoms with Crippen LogP contribution in [-0.2, 0) is 14.9 Å². The van der Waals surface area contributed by atoms with Gasteiger partial charge in [0.15, 0.2) is 0 Å². The van der Waals surface area contributed by atoms with Crippen molar-refractivity contribution in [3.05, 3.63) is 12.2 Å². The first-order valence-corrected chi connectivity index (χ1v) is 19.6. The third-order valence-corrected chi connectivity index (χ3v) is 9.10. The number of allylic oxidation sites excluding steroid dienone is 1. The van der Waals surface area contributed by atoms with Gasteiger partial charge >= 0.3 is 0 Å². The number of hydrogen-bond acceptors (Lipinski definition) is 5. The molecule has 7 nitrogen and oxygen atoms in total. The van der Waals surface area contributed by atoms with Crippen LogP contribution < -0.4 is 5.32 Å². The zero-order chi connectivity index (χ0) is 32.0. The molecule has 3 atom stereocenters. The lowest BCUT2D eigenvalue weighted by molar-refractivity contribution is -0.130. The molecule has 4 N–H and O–H groups in total. The summed E-state index contributed by atoms with van der Waals surface area (Å²) < 4.78 is 32.3. The second-order valence-corrected chi connectivity index (χ2v) is 14.2. The highest BCUT2D eigenvalue weighted by Gasteiger charge is 2.27. The Morgan fingerprint density at radius 3 is 1.40 bits per heavy atom. The topological polar surface area (TPSA) is 124 Å². The molecule has 1 amide bonds. The van der Waals surface area contributed by atoms with E-state index in [0.29, 0.717) is 6.42 Å². The van der Waals surface area contributed by atoms with Crippen molar-refractivity contribution in [2.75, 3.05) is 5.75 Å². The van der Waals surface area contributed by atoms with Crippen LogP contribution in [0.4, 0.5) is 0 Å². The van der Waals surface area contributed by atoms with Crippen LogP contribution in [0.15, 0.2) is 12.2 Å². The van der Waals surface area contributed by atoms with E-state index >= 15 is 0 Å². The third kappa shape index (κ3) is 29.5. The Kier molecular flexibility index (Phi) is 29.1. The van der Waals surface area contributed by atoms with Crippen LogP contribution in [0.25, 0.3) is 0 Å². The standard InChI is InChI=1S/C35H69NO6S/c1-3-5-7-9-11-13-15-17-18-20-21-23-25-27-29-33(37)32(31-43(40,41)42)36-35(39)34(38)30-28-26-24-22-19-16-14-12-10-8-6-4-2/h27,29,32-34,37-38H,3-26,28,30-31H2,1-2H3,(H,36,39)(H,40,41,42)/b29-27+. The molecule has 0 radical (unpaired) electrons. The minimum Gasteiger partial charge on any atom is -0.387 e. The number of hydrogen-bond donors (Lipinski definition) is 4. The summed E-state index contributed by atoms with van der Waals surface area (Å²) in [5.41, 5.74) is 0. The van der Waals surface area contributed by atoms with Crippen molar-refractivity contribution in [3.63, 3.8) is 0 Å². The van der Waals surface area contributed by atoms with Gasteiger partial charge in [-0.1, -0.05) is 174 Å². The van der Waals surface area contributed by atoms with Gasteiger partial charge in [0, 0.05) is 0 Å². The van der Waals surface area contributed by atoms with E-state index < -0.39 is 40.0 Å². The summed E-state index contributed by atoms with van der Waals surface area (Å²) >= 11 is 0. The molecule has 0 aliphatic rings. The molecule has 0 rings (SSSR count). The van der Waals surface area contributed by atoms with E-state index in [0.717, 1.165) is 38.5 Å². The highest BCUT2D eigenvalue weighted by atomic mass is 32.2. The first-order chi connectivity index (χ1) is 20.7. The fourth-order valence-corrected chi connectivity index (χ4v) is 6.25. The fraction of sp³-hybridized carbons (Fsp3) is 0.914. The summed E-state index contributed by atoms with van der Waals surface area (Å²) in [5, 5.41) is 23.3. The van der Waals surface area contributed by atoms with E-state index in [1.807, 2.05) is 0 Å². The SMILES string of the molecule is CCCCCCCCCCCCCC/C=C/C(O)C(CS(=O)(=O)O)NC(=O)C(O)CCCCCCCCCCCCCC. The zero-order valence-electron chi connectivity index (χ0n) is 28.0. The molecule has 0 aliphatic heterocycles. The molecule has 0 aromatic carbocycles. The predicted molar refractivity (Wildman–Crippen MR) is 181 cm³/mol. The van der Waals surface area contributed by atoms with Gasteiger partial charge in [0.1, 0.15) is 6.10 Å². The summed E-state index contributed by atoms with van der Waals surface area (Å²) in [4.78, 5) is 12.5. The van der Waals surface area contributed by atoms with Gasteiger partial charge in [-0.2, -0.15) is 8.42 Å². The van der Waals surface area contributed by atoms with Crippen molar-refractivity contribution in [3.8, 4) is 0 Å². The van der Waals surface area contributed by atoms with Crippen LogP contribution in [0, 0.1) is 0 Å². The average molecular weight is 632 g/mol. The second-order valence-electron chi connectivity index (χ2n) is 12.7. The van der Waals surface area contributed by atoms with Crippen molar-refractivity contribution in [2.24, 2.45) is 0 Å². The third-order valence-electron chi connectivity index (χ3n) is 8.32. The normalized spacial score (nSPS) is 14.3. The molecule has 0 aromatic rings. The van der Waals surface area contributed by atoms with Gasteiger partial charge in [-0.25, -0.2) is 0 Å². The number of amides is 1. The number of aliphatic hydroxyl groups excluding tert-OH is 2. The number of aliphatic hydroxyl groups is 2. The molecule has 0 aliphatic carbocycles. The van der Waals surface area contributed by atoms with E-state index in [2.05, 4.69) is 19.2 Å². The van der Waals surface area contributed by atoms with Crippen LogP contribution >= 0.6 is 0 Å². The minimum atomic E-state index is -4.43. The number of nitrogens with one attached hydrogen (secondary N) is 1. The van der Waals surface area contributed by atoms with Crippen molar-refractivity contribution in [1.82, 2.24) is 5.32 Å². The first-order valence-electron chi connectivity index (χ1n) is 18.0. The molecule has 3 unspecified atom stereocenters. The Balaban J connectivity index is 4.13. The smallest absolute Gasteiger partial charge is 0.267 e. The molecule has 43 heavy (non-hydrogen) atoms. The van der Waals surface area contributed by atoms with Gasteiger partial charge < -0.3 is 15.5 Å². The molecule has 0 saturated heterocycles. The summed E-state index contributed by atoms with van der Waals surface area (Å²) in [6.45, 7) is 4.48. The lowest BCUT2D eigenvalue weighted by atomic mass is 10.0. The van der Waals surface area contributed by atoms with Gasteiger partial charge in [-0.3, -0.25) is 9.35 Å². The number of carbonyl (C=O) groups is 1. The molecule has 256 valence electrons. The van der Waals surface area contributed by atoms with Crippen molar-refractivity contribution >= 4 is 16.0 Å². The van der Waals surface area contributed by atoms with Crippen molar-refractivity contribution < 1.29 is 28.0 Å². The Morgan fingerprint density at radius 2 is 1.00 bits per heavy atom. The van der Waals surface area contributed by atoms with Crippen molar-refractivity contribution in [2.45, 2.75) is 199 Å². The first kappa shape index (κ1) is 42.0. The largest absolute Gasteiger partial charge is 0.387 e. The van der Waals surface area contributed by atoms with Gasteiger partial charge in [0.2, 0.25) is 5.91 Å². The van der Waals surface area contributed by atoms with Gasteiger partial charge in [0.25, 0.3) is 10.1 Å². The predicted octanol–water partition coefficient (Wildman–Crippen LogP) is 8.82. The van der Waals surface area contributed by atoms with E-state index in [-0.39, 0.29) is 6.42 Å². The molecule has 0 bridgehead atoms. The summed E-state index contributed by atoms with van der Waals surface area (Å²) in [5.74, 6) is -1.53. The molecular weight excluding hydrogens is 562 g/mol. The highest BCUT2D eigenvalue weighted by molar-refractivity contribution is 7.85. The van der Waals surface area contributed by atoms with E-state index in [1.165, 1.54) is 122 Å². The molecule has 0 aromatic heterocycles. The Labute approximate surface area is 265 Å². The number of rotatable bonds is 32. The molecule has 0 fully saturated rings. The fourth-order valence-electron chi connectivity index (χ4n) is 5.51. The van der Waals surface area contributed by atoms with E-state index in [9.17, 15) is 28.0 Å². The van der Waals surface area contributed by atoms with E-state index in [1.54, 1.807) is 6.08 Å². The second kappa shape index (κ2) is 29.7. The quantitative estimate of drug-likeness (QED) is 0.0334. The van der Waals surface area contributed by atoms with E-state index in [4.69, 9.17) is 0 Å². The van der Waals surface area contributed by atoms with Crippen LogP contribution in [-0.4, -0.2) is 53.1 Å². The summed E-state index contributed by atoms with van der Waals surface area (Å²) in [6.07, 6.45) is 31.2. The maximum Gasteiger partial charge on any atom is 0.267 e. The Hall–Kier alpha value is -0.960. The van der Waals surface area contributed by atoms with Crippen molar-refractivity contribution in [1.29, 1.82) is 0 Å². The maximum absolute atomic E-state index is 12.5. The molecule has 0 saturated carbocycles. The average Bonchev–Trinajstić information content (AvgIpc) is 2.96. The lowest BCUT2D eigenvalue weighted by Crippen LogP contribution is -2.50. The van der Waals surface area contributed by atoms with Gasteiger partial charge in [-0.15, -0.1) is 0 Å². The molecular formula is C35H69NO6S. The lowest BCUT2D eigenvalue weighted by Gasteiger charge is -2.22. The molecule has 0 heterocycles. The zero-order valence-corrected chi connectivity index (χ0v) is 28.8. The van der Waals surface area contributed by atoms with Crippen LogP contribution in [0.2, 0.25) is 0 Å². The molecule has 0 spiro atoms. The van der Waals surface area contributed by atoms with Crippen LogP contribution in [0.3, 0.4) is 0 Å². The minimum absolute atomic E-state index is 0.284. The monoisotopic (exact) mass is 631 g/mol. The van der Waals surface area contributed by atoms with Gasteiger partial charge in [0.05, 0.1) is 17.9 Å². The maximum atomic E-state index is 12.5. The highest BCUT2D eigenvalue weighted by Crippen LogP contribution is 2.15. The Bertz CT molecular complexity index is 757.